The number of rotatable bonds is 2. The monoisotopic (exact) mass is 262 g/mol. The van der Waals surface area contributed by atoms with E-state index in [0.717, 1.165) is 5.92 Å². The Morgan fingerprint density at radius 2 is 1.44 bits per heavy atom. The van der Waals surface area contributed by atoms with Crippen molar-refractivity contribution in [2.24, 2.45) is 5.92 Å². The second-order valence-corrected chi connectivity index (χ2v) is 5.18. The van der Waals surface area contributed by atoms with Crippen LogP contribution in [0.15, 0.2) is 0 Å². The van der Waals surface area contributed by atoms with Gasteiger partial charge in [0.05, 0.1) is 0 Å². The van der Waals surface area contributed by atoms with Crippen molar-refractivity contribution in [3.63, 3.8) is 0 Å². The lowest BCUT2D eigenvalue weighted by Gasteiger charge is -2.20. The Morgan fingerprint density at radius 1 is 1.11 bits per heavy atom. The van der Waals surface area contributed by atoms with Gasteiger partial charge >= 0.3 is 12.0 Å². The summed E-state index contributed by atoms with van der Waals surface area (Å²) in [5.74, 6) is -0.223. The van der Waals surface area contributed by atoms with Gasteiger partial charge in [0.2, 0.25) is 0 Å². The van der Waals surface area contributed by atoms with Crippen LogP contribution in [-0.4, -0.2) is 29.2 Å². The molecule has 0 atom stereocenters. The molecule has 0 bridgehead atoms. The van der Waals surface area contributed by atoms with Crippen molar-refractivity contribution >= 4 is 12.0 Å². The number of hydrogen-bond donors (Lipinski definition) is 3. The minimum Gasteiger partial charge on any atom is -0.480 e. The molecule has 3 N–H and O–H groups in total. The van der Waals surface area contributed by atoms with E-state index < -0.39 is 12.0 Å². The average molecular weight is 262 g/mol. The topological polar surface area (TPSA) is 78.4 Å². The van der Waals surface area contributed by atoms with Crippen LogP contribution in [0.4, 0.5) is 4.79 Å². The van der Waals surface area contributed by atoms with Crippen molar-refractivity contribution in [2.75, 3.05) is 6.54 Å². The first-order valence-electron chi connectivity index (χ1n) is 6.32. The predicted molar refractivity (Wildman–Crippen MR) is 75.8 cm³/mol. The van der Waals surface area contributed by atoms with Gasteiger partial charge in [0.1, 0.15) is 6.54 Å². The van der Waals surface area contributed by atoms with Gasteiger partial charge in [-0.05, 0) is 26.7 Å². The summed E-state index contributed by atoms with van der Waals surface area (Å²) in [5.41, 5.74) is -0.345. The number of carbonyl (C=O) groups is 2. The fraction of sp³-hybridized carbons (Fsp3) is 0.846. The number of hydrogen-bond acceptors (Lipinski definition) is 2. The van der Waals surface area contributed by atoms with Gasteiger partial charge in [-0.25, -0.2) is 4.79 Å². The zero-order chi connectivity index (χ0) is 15.4. The summed E-state index contributed by atoms with van der Waals surface area (Å²) in [5, 5.41) is 13.0. The summed E-state index contributed by atoms with van der Waals surface area (Å²) in [6.45, 7) is 15.6. The molecule has 0 rings (SSSR count). The highest BCUT2D eigenvalue weighted by molar-refractivity contribution is 5.80. The molecular formula is C13H30N2O3. The van der Waals surface area contributed by atoms with Crippen LogP contribution in [0.25, 0.3) is 0 Å². The van der Waals surface area contributed by atoms with E-state index in [4.69, 9.17) is 5.11 Å². The van der Waals surface area contributed by atoms with Crippen LogP contribution in [0.2, 0.25) is 0 Å². The molecular weight excluding hydrogens is 232 g/mol. The molecule has 0 saturated carbocycles. The Bertz CT molecular complexity index is 218. The summed E-state index contributed by atoms with van der Waals surface area (Å²) >= 11 is 0. The van der Waals surface area contributed by atoms with Crippen molar-refractivity contribution in [1.29, 1.82) is 0 Å². The van der Waals surface area contributed by atoms with Crippen LogP contribution in [0.5, 0.6) is 0 Å². The Hall–Kier alpha value is -1.26. The highest BCUT2D eigenvalue weighted by Crippen LogP contribution is 1.96. The van der Waals surface area contributed by atoms with Gasteiger partial charge in [0.25, 0.3) is 0 Å². The van der Waals surface area contributed by atoms with Crippen LogP contribution in [-0.2, 0) is 4.79 Å². The molecule has 0 aromatic carbocycles. The third-order valence-corrected chi connectivity index (χ3v) is 0.889. The van der Waals surface area contributed by atoms with Gasteiger partial charge in [-0.3, -0.25) is 4.79 Å². The first-order valence-corrected chi connectivity index (χ1v) is 6.32. The SMILES string of the molecule is CC.CC(C)(C)NC(=O)NCC(=O)O.CC(C)C. The molecule has 18 heavy (non-hydrogen) atoms. The molecule has 0 unspecified atom stereocenters. The molecule has 0 aromatic heterocycles. The minimum atomic E-state index is -1.06. The standard InChI is InChI=1S/C7H14N2O3.C4H10.C2H6/c1-7(2,3)9-6(12)8-4-5(10)11;1-4(2)3;1-2/h4H2,1-3H3,(H,10,11)(H2,8,9,12);4H,1-3H3;1-2H3. The van der Waals surface area contributed by atoms with E-state index >= 15 is 0 Å². The van der Waals surface area contributed by atoms with E-state index in [1.807, 2.05) is 34.6 Å². The number of amides is 2. The third-order valence-electron chi connectivity index (χ3n) is 0.889. The Labute approximate surface area is 111 Å². The quantitative estimate of drug-likeness (QED) is 0.716. The first kappa shape index (κ1) is 22.0. The van der Waals surface area contributed by atoms with Crippen molar-refractivity contribution in [1.82, 2.24) is 10.6 Å². The molecule has 0 heterocycles. The van der Waals surface area contributed by atoms with Crippen LogP contribution in [0.3, 0.4) is 0 Å². The first-order chi connectivity index (χ1) is 8.04. The maximum atomic E-state index is 10.9. The van der Waals surface area contributed by atoms with Crippen molar-refractivity contribution in [3.8, 4) is 0 Å². The maximum absolute atomic E-state index is 10.9. The zero-order valence-electron chi connectivity index (χ0n) is 13.0. The maximum Gasteiger partial charge on any atom is 0.323 e. The van der Waals surface area contributed by atoms with Crippen LogP contribution in [0.1, 0.15) is 55.4 Å². The number of urea groups is 1. The number of aliphatic carboxylic acids is 1. The van der Waals surface area contributed by atoms with Crippen LogP contribution < -0.4 is 10.6 Å². The lowest BCUT2D eigenvalue weighted by atomic mass is 10.1. The van der Waals surface area contributed by atoms with Crippen molar-refractivity contribution in [2.45, 2.75) is 60.9 Å². The number of carboxylic acids is 1. The molecule has 2 amide bonds. The average Bonchev–Trinajstić information content (AvgIpc) is 2.14. The molecule has 0 fully saturated rings. The number of carboxylic acid groups (broad SMARTS) is 1. The summed E-state index contributed by atoms with van der Waals surface area (Å²) in [6.07, 6.45) is 0. The molecule has 0 aliphatic rings. The fourth-order valence-electron chi connectivity index (χ4n) is 0.541. The van der Waals surface area contributed by atoms with E-state index in [0.29, 0.717) is 0 Å². The lowest BCUT2D eigenvalue weighted by molar-refractivity contribution is -0.135. The Balaban J connectivity index is -0.000000317. The molecule has 0 saturated heterocycles. The third kappa shape index (κ3) is 36.4. The van der Waals surface area contributed by atoms with Crippen LogP contribution in [0, 0.1) is 5.92 Å². The van der Waals surface area contributed by atoms with Gasteiger partial charge in [-0.15, -0.1) is 0 Å². The van der Waals surface area contributed by atoms with Crippen molar-refractivity contribution in [3.05, 3.63) is 0 Å². The fourth-order valence-corrected chi connectivity index (χ4v) is 0.541. The molecule has 0 spiro atoms. The Morgan fingerprint density at radius 3 is 1.67 bits per heavy atom. The summed E-state index contributed by atoms with van der Waals surface area (Å²) in [7, 11) is 0. The predicted octanol–water partition coefficient (Wildman–Crippen LogP) is 2.86. The lowest BCUT2D eigenvalue weighted by Crippen LogP contribution is -2.47. The normalized spacial score (nSPS) is 9.39. The van der Waals surface area contributed by atoms with E-state index in [2.05, 4.69) is 31.4 Å². The summed E-state index contributed by atoms with van der Waals surface area (Å²) in [6, 6.07) is -0.468. The van der Waals surface area contributed by atoms with Gasteiger partial charge in [0.15, 0.2) is 0 Å². The minimum absolute atomic E-state index is 0.345. The van der Waals surface area contributed by atoms with Crippen molar-refractivity contribution < 1.29 is 14.7 Å². The second-order valence-electron chi connectivity index (χ2n) is 5.18. The largest absolute Gasteiger partial charge is 0.480 e. The van der Waals surface area contributed by atoms with E-state index in [1.165, 1.54) is 0 Å². The molecule has 0 aliphatic carbocycles. The van der Waals surface area contributed by atoms with Gasteiger partial charge in [-0.2, -0.15) is 0 Å². The number of carbonyl (C=O) groups excluding carboxylic acids is 1. The van der Waals surface area contributed by atoms with E-state index in [1.54, 1.807) is 0 Å². The molecule has 0 radical (unpaired) electrons. The van der Waals surface area contributed by atoms with Gasteiger partial charge in [0, 0.05) is 5.54 Å². The molecule has 5 heteroatoms. The smallest absolute Gasteiger partial charge is 0.323 e. The van der Waals surface area contributed by atoms with Gasteiger partial charge in [-0.1, -0.05) is 34.6 Å². The molecule has 0 aromatic rings. The molecule has 110 valence electrons. The van der Waals surface area contributed by atoms with Crippen LogP contribution >= 0.6 is 0 Å². The van der Waals surface area contributed by atoms with E-state index in [-0.39, 0.29) is 12.1 Å². The molecule has 0 aliphatic heterocycles. The highest BCUT2D eigenvalue weighted by atomic mass is 16.4. The van der Waals surface area contributed by atoms with E-state index in [9.17, 15) is 9.59 Å². The van der Waals surface area contributed by atoms with Gasteiger partial charge < -0.3 is 15.7 Å². The number of nitrogens with one attached hydrogen (secondary N) is 2. The Kier molecular flexibility index (Phi) is 14.9. The molecule has 5 nitrogen and oxygen atoms in total. The highest BCUT2D eigenvalue weighted by Gasteiger charge is 2.13. The summed E-state index contributed by atoms with van der Waals surface area (Å²) < 4.78 is 0. The summed E-state index contributed by atoms with van der Waals surface area (Å²) in [4.78, 5) is 20.9. The second kappa shape index (κ2) is 12.2. The zero-order valence-corrected chi connectivity index (χ0v) is 13.0.